The Bertz CT molecular complexity index is 537. The van der Waals surface area contributed by atoms with Crippen LogP contribution in [0.2, 0.25) is 5.02 Å². The molecule has 3 nitrogen and oxygen atoms in total. The van der Waals surface area contributed by atoms with E-state index in [-0.39, 0.29) is 6.61 Å². The van der Waals surface area contributed by atoms with Gasteiger partial charge in [0.1, 0.15) is 6.61 Å². The van der Waals surface area contributed by atoms with Crippen molar-refractivity contribution in [3.05, 3.63) is 70.7 Å². The van der Waals surface area contributed by atoms with Crippen molar-refractivity contribution >= 4 is 17.8 Å². The largest absolute Gasteiger partial charge is 0.508 e. The van der Waals surface area contributed by atoms with E-state index in [2.05, 4.69) is 0 Å². The number of hydrogen-bond donors (Lipinski definition) is 0. The molecule has 20 heavy (non-hydrogen) atoms. The van der Waals surface area contributed by atoms with Crippen LogP contribution in [0.5, 0.6) is 0 Å². The first-order valence-electron chi connectivity index (χ1n) is 6.32. The van der Waals surface area contributed by atoms with E-state index in [1.807, 2.05) is 30.3 Å². The third-order valence-electron chi connectivity index (χ3n) is 2.72. The summed E-state index contributed by atoms with van der Waals surface area (Å²) in [5, 5.41) is 0.652. The Morgan fingerprint density at radius 2 is 1.60 bits per heavy atom. The Morgan fingerprint density at radius 1 is 0.900 bits per heavy atom. The fourth-order valence-corrected chi connectivity index (χ4v) is 1.79. The molecule has 0 amide bonds. The molecular weight excluding hydrogens is 276 g/mol. The third kappa shape index (κ3) is 4.94. The summed E-state index contributed by atoms with van der Waals surface area (Å²) < 4.78 is 10.0. The van der Waals surface area contributed by atoms with Gasteiger partial charge >= 0.3 is 6.16 Å². The molecule has 0 aliphatic carbocycles. The number of rotatable bonds is 5. The molecule has 0 aliphatic heterocycles. The summed E-state index contributed by atoms with van der Waals surface area (Å²) in [6.07, 6.45) is 0.0209. The summed E-state index contributed by atoms with van der Waals surface area (Å²) in [4.78, 5) is 11.4. The van der Waals surface area contributed by atoms with Crippen LogP contribution in [0.15, 0.2) is 54.6 Å². The molecule has 0 bridgehead atoms. The second-order valence-electron chi connectivity index (χ2n) is 4.25. The number of ether oxygens (including phenoxy) is 2. The van der Waals surface area contributed by atoms with Crippen molar-refractivity contribution in [2.75, 3.05) is 6.61 Å². The molecule has 0 saturated heterocycles. The molecule has 0 aliphatic rings. The molecule has 2 rings (SSSR count). The Labute approximate surface area is 123 Å². The molecule has 0 fully saturated rings. The lowest BCUT2D eigenvalue weighted by Gasteiger charge is -2.06. The summed E-state index contributed by atoms with van der Waals surface area (Å²) in [6.45, 7) is 0.491. The maximum atomic E-state index is 11.4. The van der Waals surface area contributed by atoms with E-state index in [4.69, 9.17) is 21.1 Å². The molecule has 4 heteroatoms. The lowest BCUT2D eigenvalue weighted by Crippen LogP contribution is -2.09. The quantitative estimate of drug-likeness (QED) is 0.773. The van der Waals surface area contributed by atoms with Gasteiger partial charge in [-0.15, -0.1) is 0 Å². The van der Waals surface area contributed by atoms with Gasteiger partial charge in [0.2, 0.25) is 0 Å². The van der Waals surface area contributed by atoms with E-state index in [9.17, 15) is 4.79 Å². The zero-order valence-corrected chi connectivity index (χ0v) is 11.7. The van der Waals surface area contributed by atoms with Crippen molar-refractivity contribution in [2.24, 2.45) is 0 Å². The summed E-state index contributed by atoms with van der Waals surface area (Å²) in [7, 11) is 0. The summed E-state index contributed by atoms with van der Waals surface area (Å²) >= 11 is 5.77. The van der Waals surface area contributed by atoms with E-state index in [0.717, 1.165) is 11.1 Å². The Balaban J connectivity index is 1.67. The number of carbonyl (C=O) groups is 1. The third-order valence-corrected chi connectivity index (χ3v) is 2.98. The second-order valence-corrected chi connectivity index (χ2v) is 4.69. The lowest BCUT2D eigenvalue weighted by molar-refractivity contribution is 0.0507. The Kier molecular flexibility index (Phi) is 5.44. The monoisotopic (exact) mass is 290 g/mol. The number of carbonyl (C=O) groups excluding carboxylic acids is 1. The lowest BCUT2D eigenvalue weighted by atomic mass is 10.2. The first-order chi connectivity index (χ1) is 9.74. The molecule has 0 saturated carbocycles. The maximum Gasteiger partial charge on any atom is 0.508 e. The number of halogens is 1. The average molecular weight is 291 g/mol. The highest BCUT2D eigenvalue weighted by molar-refractivity contribution is 6.30. The predicted molar refractivity (Wildman–Crippen MR) is 77.7 cm³/mol. The number of hydrogen-bond acceptors (Lipinski definition) is 3. The standard InChI is InChI=1S/C16H15ClO3/c17-15-8-6-14(7-9-15)12-20-16(18)19-11-10-13-4-2-1-3-5-13/h1-9H,10-12H2. The van der Waals surface area contributed by atoms with Crippen LogP contribution in [0.1, 0.15) is 11.1 Å². The van der Waals surface area contributed by atoms with E-state index in [0.29, 0.717) is 18.1 Å². The fraction of sp³-hybridized carbons (Fsp3) is 0.188. The first-order valence-corrected chi connectivity index (χ1v) is 6.70. The van der Waals surface area contributed by atoms with Gasteiger partial charge in [0, 0.05) is 11.4 Å². The highest BCUT2D eigenvalue weighted by atomic mass is 35.5. The van der Waals surface area contributed by atoms with Gasteiger partial charge < -0.3 is 9.47 Å². The minimum absolute atomic E-state index is 0.182. The molecule has 0 spiro atoms. The van der Waals surface area contributed by atoms with E-state index >= 15 is 0 Å². The molecule has 0 atom stereocenters. The molecule has 0 heterocycles. The second kappa shape index (κ2) is 7.56. The van der Waals surface area contributed by atoms with Gasteiger partial charge in [0.25, 0.3) is 0 Å². The summed E-state index contributed by atoms with van der Waals surface area (Å²) in [5.74, 6) is 0. The van der Waals surface area contributed by atoms with Gasteiger partial charge in [-0.1, -0.05) is 54.1 Å². The zero-order chi connectivity index (χ0) is 14.2. The Hall–Kier alpha value is -2.00. The van der Waals surface area contributed by atoms with Crippen molar-refractivity contribution in [2.45, 2.75) is 13.0 Å². The van der Waals surface area contributed by atoms with Crippen LogP contribution in [0.3, 0.4) is 0 Å². The zero-order valence-electron chi connectivity index (χ0n) is 10.9. The van der Waals surface area contributed by atoms with Gasteiger partial charge in [-0.3, -0.25) is 0 Å². The molecule has 2 aromatic rings. The topological polar surface area (TPSA) is 35.5 Å². The van der Waals surface area contributed by atoms with E-state index < -0.39 is 6.16 Å². The van der Waals surface area contributed by atoms with Crippen LogP contribution in [0.25, 0.3) is 0 Å². The van der Waals surface area contributed by atoms with Crippen LogP contribution < -0.4 is 0 Å². The first kappa shape index (κ1) is 14.4. The van der Waals surface area contributed by atoms with Crippen LogP contribution in [-0.4, -0.2) is 12.8 Å². The van der Waals surface area contributed by atoms with Crippen LogP contribution >= 0.6 is 11.6 Å². The molecule has 0 radical (unpaired) electrons. The molecule has 0 unspecified atom stereocenters. The van der Waals surface area contributed by atoms with Crippen molar-refractivity contribution in [3.63, 3.8) is 0 Å². The summed E-state index contributed by atoms with van der Waals surface area (Å²) in [6, 6.07) is 16.9. The van der Waals surface area contributed by atoms with Gasteiger partial charge in [0.15, 0.2) is 0 Å². The van der Waals surface area contributed by atoms with Crippen LogP contribution in [-0.2, 0) is 22.5 Å². The van der Waals surface area contributed by atoms with Gasteiger partial charge in [-0.2, -0.15) is 0 Å². The molecule has 2 aromatic carbocycles. The molecule has 0 N–H and O–H groups in total. The summed E-state index contributed by atoms with van der Waals surface area (Å²) in [5.41, 5.74) is 1.99. The smallest absolute Gasteiger partial charge is 0.434 e. The van der Waals surface area contributed by atoms with Gasteiger partial charge in [-0.25, -0.2) is 4.79 Å². The van der Waals surface area contributed by atoms with Gasteiger partial charge in [-0.05, 0) is 23.3 Å². The maximum absolute atomic E-state index is 11.4. The average Bonchev–Trinajstić information content (AvgIpc) is 2.48. The normalized spacial score (nSPS) is 10.1. The van der Waals surface area contributed by atoms with Crippen molar-refractivity contribution < 1.29 is 14.3 Å². The molecule has 104 valence electrons. The highest BCUT2D eigenvalue weighted by Crippen LogP contribution is 2.10. The Morgan fingerprint density at radius 3 is 2.30 bits per heavy atom. The van der Waals surface area contributed by atoms with E-state index in [1.165, 1.54) is 0 Å². The minimum Gasteiger partial charge on any atom is -0.434 e. The predicted octanol–water partition coefficient (Wildman–Crippen LogP) is 4.24. The minimum atomic E-state index is -0.657. The fourth-order valence-electron chi connectivity index (χ4n) is 1.66. The van der Waals surface area contributed by atoms with Crippen molar-refractivity contribution in [3.8, 4) is 0 Å². The van der Waals surface area contributed by atoms with Crippen LogP contribution in [0, 0.1) is 0 Å². The number of benzene rings is 2. The van der Waals surface area contributed by atoms with Gasteiger partial charge in [0.05, 0.1) is 6.61 Å². The van der Waals surface area contributed by atoms with E-state index in [1.54, 1.807) is 24.3 Å². The molecule has 0 aromatic heterocycles. The van der Waals surface area contributed by atoms with Crippen molar-refractivity contribution in [1.82, 2.24) is 0 Å². The highest BCUT2D eigenvalue weighted by Gasteiger charge is 2.04. The molecular formula is C16H15ClO3. The van der Waals surface area contributed by atoms with Crippen LogP contribution in [0.4, 0.5) is 4.79 Å². The van der Waals surface area contributed by atoms with Crippen molar-refractivity contribution in [1.29, 1.82) is 0 Å². The SMILES string of the molecule is O=C(OCCc1ccccc1)OCc1ccc(Cl)cc1.